The first kappa shape index (κ1) is 27.2. The Balaban J connectivity index is 1.49. The molecular weight excluding hydrogens is 490 g/mol. The van der Waals surface area contributed by atoms with Gasteiger partial charge in [0.1, 0.15) is 12.4 Å². The first-order valence-corrected chi connectivity index (χ1v) is 13.6. The molecule has 0 saturated carbocycles. The number of benzene rings is 2. The van der Waals surface area contributed by atoms with E-state index in [0.29, 0.717) is 36.1 Å². The average Bonchev–Trinajstić information content (AvgIpc) is 3.42. The van der Waals surface area contributed by atoms with Crippen molar-refractivity contribution in [2.45, 2.75) is 71.0 Å². The average molecular weight is 526 g/mol. The zero-order chi connectivity index (χ0) is 26.2. The van der Waals surface area contributed by atoms with Gasteiger partial charge in [-0.15, -0.1) is 0 Å². The molecule has 2 aromatic carbocycles. The molecule has 0 bridgehead atoms. The van der Waals surface area contributed by atoms with Crippen LogP contribution in [-0.4, -0.2) is 42.6 Å². The molecule has 0 N–H and O–H groups in total. The van der Waals surface area contributed by atoms with Gasteiger partial charge in [0, 0.05) is 29.7 Å². The largest absolute Gasteiger partial charge is 0.494 e. The number of amides is 1. The third kappa shape index (κ3) is 7.14. The number of hydrogen-bond donors (Lipinski definition) is 0. The van der Waals surface area contributed by atoms with Crippen LogP contribution in [0.4, 0.5) is 0 Å². The maximum Gasteiger partial charge on any atom is 0.336 e. The van der Waals surface area contributed by atoms with E-state index in [1.54, 1.807) is 17.0 Å². The first-order valence-electron chi connectivity index (χ1n) is 13.2. The van der Waals surface area contributed by atoms with Crippen LogP contribution in [0.25, 0.3) is 0 Å². The Kier molecular flexibility index (Phi) is 9.64. The van der Waals surface area contributed by atoms with Gasteiger partial charge in [-0.2, -0.15) is 0 Å². The number of allylic oxidation sites excluding steroid dienone is 1. The molecule has 2 aromatic rings. The molecular formula is C30H36ClNO5. The topological polar surface area (TPSA) is 65.1 Å². The molecule has 0 aromatic heterocycles. The van der Waals surface area contributed by atoms with E-state index in [-0.39, 0.29) is 25.0 Å². The summed E-state index contributed by atoms with van der Waals surface area (Å²) in [6.45, 7) is 5.99. The highest BCUT2D eigenvalue weighted by atomic mass is 35.5. The van der Waals surface area contributed by atoms with Gasteiger partial charge in [-0.1, -0.05) is 55.6 Å². The van der Waals surface area contributed by atoms with Crippen molar-refractivity contribution in [3.8, 4) is 5.75 Å². The van der Waals surface area contributed by atoms with Crippen molar-refractivity contribution in [3.63, 3.8) is 0 Å². The Bertz CT molecular complexity index is 1090. The smallest absolute Gasteiger partial charge is 0.336 e. The molecule has 2 aliphatic heterocycles. The Morgan fingerprint density at radius 2 is 1.86 bits per heavy atom. The van der Waals surface area contributed by atoms with Crippen molar-refractivity contribution in [1.82, 2.24) is 4.90 Å². The monoisotopic (exact) mass is 525 g/mol. The number of carbonyl (C=O) groups excluding carboxylic acids is 2. The summed E-state index contributed by atoms with van der Waals surface area (Å²) in [4.78, 5) is 28.4. The number of halogens is 1. The lowest BCUT2D eigenvalue weighted by molar-refractivity contribution is -0.141. The molecule has 198 valence electrons. The molecule has 1 amide bonds. The van der Waals surface area contributed by atoms with Gasteiger partial charge >= 0.3 is 5.97 Å². The minimum atomic E-state index is -0.415. The van der Waals surface area contributed by atoms with E-state index < -0.39 is 11.9 Å². The molecule has 6 nitrogen and oxygen atoms in total. The Hall–Kier alpha value is -2.83. The number of carbonyl (C=O) groups is 2. The van der Waals surface area contributed by atoms with Crippen molar-refractivity contribution in [1.29, 1.82) is 0 Å². The molecule has 2 heterocycles. The van der Waals surface area contributed by atoms with E-state index in [4.69, 9.17) is 25.8 Å². The van der Waals surface area contributed by atoms with Crippen LogP contribution in [-0.2, 0) is 25.7 Å². The van der Waals surface area contributed by atoms with E-state index >= 15 is 0 Å². The molecule has 2 aliphatic rings. The summed E-state index contributed by atoms with van der Waals surface area (Å²) in [5, 5.41) is 0.605. The second kappa shape index (κ2) is 13.1. The maximum absolute atomic E-state index is 13.5. The molecule has 2 unspecified atom stereocenters. The highest BCUT2D eigenvalue weighted by Gasteiger charge is 2.38. The summed E-state index contributed by atoms with van der Waals surface area (Å²) in [5.74, 6) is -0.0128. The van der Waals surface area contributed by atoms with Crippen LogP contribution in [0.1, 0.15) is 69.4 Å². The van der Waals surface area contributed by atoms with Gasteiger partial charge in [-0.3, -0.25) is 4.79 Å². The van der Waals surface area contributed by atoms with Gasteiger partial charge in [0.05, 0.1) is 24.8 Å². The van der Waals surface area contributed by atoms with Gasteiger partial charge < -0.3 is 19.1 Å². The van der Waals surface area contributed by atoms with Crippen molar-refractivity contribution < 1.29 is 23.8 Å². The predicted molar refractivity (Wildman–Crippen MR) is 143 cm³/mol. The van der Waals surface area contributed by atoms with Gasteiger partial charge in [-0.05, 0) is 61.6 Å². The molecule has 1 saturated heterocycles. The normalized spacial score (nSPS) is 19.9. The van der Waals surface area contributed by atoms with Crippen molar-refractivity contribution in [3.05, 3.63) is 76.0 Å². The Labute approximate surface area is 224 Å². The van der Waals surface area contributed by atoms with Crippen molar-refractivity contribution in [2.75, 3.05) is 19.8 Å². The highest BCUT2D eigenvalue weighted by Crippen LogP contribution is 2.38. The van der Waals surface area contributed by atoms with E-state index in [9.17, 15) is 9.59 Å². The Morgan fingerprint density at radius 1 is 1.11 bits per heavy atom. The number of nitrogens with zero attached hydrogens (tertiary/aromatic N) is 1. The molecule has 4 rings (SSSR count). The molecule has 0 aliphatic carbocycles. The quantitative estimate of drug-likeness (QED) is 0.250. The van der Waals surface area contributed by atoms with Crippen LogP contribution in [0.2, 0.25) is 5.02 Å². The maximum atomic E-state index is 13.5. The van der Waals surface area contributed by atoms with Crippen LogP contribution < -0.4 is 4.74 Å². The summed E-state index contributed by atoms with van der Waals surface area (Å²) in [5.41, 5.74) is 2.88. The second-order valence-electron chi connectivity index (χ2n) is 9.72. The lowest BCUT2D eigenvalue weighted by Crippen LogP contribution is -2.42. The van der Waals surface area contributed by atoms with Crippen LogP contribution in [0, 0.1) is 0 Å². The standard InChI is InChI=1S/C30H36ClNO5/c1-3-4-5-16-35-25-14-8-22(9-15-25)20-37-30(34)29-21(2)32(19-26-7-6-17-36-26)28(33)18-27(29)23-10-12-24(31)13-11-23/h8-15,26-27H,3-7,16-20H2,1-2H3. The number of unbranched alkanes of at least 4 members (excludes halogenated alkanes) is 2. The zero-order valence-corrected chi connectivity index (χ0v) is 22.5. The third-order valence-electron chi connectivity index (χ3n) is 7.04. The summed E-state index contributed by atoms with van der Waals surface area (Å²) >= 11 is 6.09. The minimum Gasteiger partial charge on any atom is -0.494 e. The molecule has 0 spiro atoms. The zero-order valence-electron chi connectivity index (χ0n) is 21.7. The summed E-state index contributed by atoms with van der Waals surface area (Å²) in [6, 6.07) is 14.9. The van der Waals surface area contributed by atoms with Gasteiger partial charge in [-0.25, -0.2) is 4.79 Å². The molecule has 0 radical (unpaired) electrons. The molecule has 7 heteroatoms. The van der Waals surface area contributed by atoms with Crippen LogP contribution in [0.5, 0.6) is 5.75 Å². The first-order chi connectivity index (χ1) is 18.0. The van der Waals surface area contributed by atoms with Crippen LogP contribution >= 0.6 is 11.6 Å². The van der Waals surface area contributed by atoms with E-state index in [0.717, 1.165) is 49.0 Å². The highest BCUT2D eigenvalue weighted by molar-refractivity contribution is 6.30. The molecule has 37 heavy (non-hydrogen) atoms. The fourth-order valence-corrected chi connectivity index (χ4v) is 5.05. The number of hydrogen-bond acceptors (Lipinski definition) is 5. The van der Waals surface area contributed by atoms with Gasteiger partial charge in [0.25, 0.3) is 0 Å². The van der Waals surface area contributed by atoms with Crippen LogP contribution in [0.15, 0.2) is 59.8 Å². The Morgan fingerprint density at radius 3 is 2.54 bits per heavy atom. The summed E-state index contributed by atoms with van der Waals surface area (Å²) < 4.78 is 17.3. The molecule has 1 fully saturated rings. The van der Waals surface area contributed by atoms with Gasteiger partial charge in [0.15, 0.2) is 0 Å². The fourth-order valence-electron chi connectivity index (χ4n) is 4.92. The summed E-state index contributed by atoms with van der Waals surface area (Å²) in [6.07, 6.45) is 5.42. The minimum absolute atomic E-state index is 0.00837. The predicted octanol–water partition coefficient (Wildman–Crippen LogP) is 6.42. The molecule has 2 atom stereocenters. The third-order valence-corrected chi connectivity index (χ3v) is 7.29. The van der Waals surface area contributed by atoms with E-state index in [1.165, 1.54) is 0 Å². The number of rotatable bonds is 11. The lowest BCUT2D eigenvalue weighted by Gasteiger charge is -2.35. The van der Waals surface area contributed by atoms with Gasteiger partial charge in [0.2, 0.25) is 5.91 Å². The second-order valence-corrected chi connectivity index (χ2v) is 10.2. The fraction of sp³-hybridized carbons (Fsp3) is 0.467. The van der Waals surface area contributed by atoms with E-state index in [2.05, 4.69) is 6.92 Å². The number of ether oxygens (including phenoxy) is 3. The SMILES string of the molecule is CCCCCOc1ccc(COC(=O)C2=C(C)N(CC3CCCO3)C(=O)CC2c2ccc(Cl)cc2)cc1. The van der Waals surface area contributed by atoms with Crippen molar-refractivity contribution in [2.24, 2.45) is 0 Å². The lowest BCUT2D eigenvalue weighted by atomic mass is 9.83. The summed E-state index contributed by atoms with van der Waals surface area (Å²) in [7, 11) is 0. The van der Waals surface area contributed by atoms with Crippen molar-refractivity contribution >= 4 is 23.5 Å². The van der Waals surface area contributed by atoms with Crippen LogP contribution in [0.3, 0.4) is 0 Å². The van der Waals surface area contributed by atoms with E-state index in [1.807, 2.05) is 43.3 Å². The number of esters is 1.